The first-order valence-corrected chi connectivity index (χ1v) is 13.8. The van der Waals surface area contributed by atoms with Gasteiger partial charge in [-0.1, -0.05) is 38.2 Å². The number of rotatable bonds is 8. The van der Waals surface area contributed by atoms with Gasteiger partial charge < -0.3 is 15.3 Å². The number of hydrogen-bond acceptors (Lipinski definition) is 4. The maximum atomic E-state index is 10.2. The molecule has 4 heteroatoms. The molecule has 0 amide bonds. The molecule has 0 aliphatic heterocycles. The van der Waals surface area contributed by atoms with Crippen molar-refractivity contribution in [2.45, 2.75) is 115 Å². The van der Waals surface area contributed by atoms with Gasteiger partial charge in [-0.2, -0.15) is 11.8 Å². The summed E-state index contributed by atoms with van der Waals surface area (Å²) in [4.78, 5) is 0. The van der Waals surface area contributed by atoms with Crippen LogP contribution in [-0.4, -0.2) is 44.1 Å². The van der Waals surface area contributed by atoms with E-state index >= 15 is 0 Å². The monoisotopic (exact) mass is 462 g/mol. The summed E-state index contributed by atoms with van der Waals surface area (Å²) in [7, 11) is 0. The van der Waals surface area contributed by atoms with Gasteiger partial charge in [0.2, 0.25) is 0 Å². The maximum absolute atomic E-state index is 10.2. The molecule has 0 spiro atoms. The van der Waals surface area contributed by atoms with Crippen LogP contribution in [0, 0.1) is 17.3 Å². The van der Waals surface area contributed by atoms with E-state index in [9.17, 15) is 15.3 Å². The number of fused-ring (bicyclic) bond motifs is 1. The number of unbranched alkanes of at least 4 members (excludes halogenated alkanes) is 1. The van der Waals surface area contributed by atoms with Crippen molar-refractivity contribution in [2.75, 3.05) is 5.75 Å². The highest BCUT2D eigenvalue weighted by Gasteiger charge is 2.50. The van der Waals surface area contributed by atoms with E-state index in [1.54, 1.807) is 5.57 Å². The number of hydrogen-bond donors (Lipinski definition) is 3. The zero-order valence-corrected chi connectivity index (χ0v) is 21.6. The van der Waals surface area contributed by atoms with Crippen LogP contribution in [-0.2, 0) is 0 Å². The van der Waals surface area contributed by atoms with Crippen molar-refractivity contribution in [2.24, 2.45) is 17.3 Å². The highest BCUT2D eigenvalue weighted by molar-refractivity contribution is 7.99. The van der Waals surface area contributed by atoms with Crippen LogP contribution >= 0.6 is 11.8 Å². The fourth-order valence-corrected chi connectivity index (χ4v) is 7.98. The van der Waals surface area contributed by atoms with Crippen LogP contribution in [0.15, 0.2) is 35.5 Å². The Morgan fingerprint density at radius 1 is 1.22 bits per heavy atom. The van der Waals surface area contributed by atoms with E-state index in [2.05, 4.69) is 44.3 Å². The Morgan fingerprint density at radius 2 is 1.97 bits per heavy atom. The third-order valence-electron chi connectivity index (χ3n) is 8.43. The van der Waals surface area contributed by atoms with Crippen molar-refractivity contribution in [3.63, 3.8) is 0 Å². The maximum Gasteiger partial charge on any atom is 0.0811 e. The zero-order chi connectivity index (χ0) is 23.5. The summed E-state index contributed by atoms with van der Waals surface area (Å²) in [5.74, 6) is 2.61. The first-order valence-electron chi connectivity index (χ1n) is 12.8. The van der Waals surface area contributed by atoms with Gasteiger partial charge in [-0.25, -0.2) is 0 Å². The highest BCUT2D eigenvalue weighted by Crippen LogP contribution is 2.59. The van der Waals surface area contributed by atoms with Gasteiger partial charge in [0.1, 0.15) is 0 Å². The van der Waals surface area contributed by atoms with E-state index in [-0.39, 0.29) is 0 Å². The molecule has 0 heterocycles. The average Bonchev–Trinajstić information content (AvgIpc) is 3.06. The van der Waals surface area contributed by atoms with Gasteiger partial charge >= 0.3 is 0 Å². The Hall–Kier alpha value is -0.550. The molecule has 182 valence electrons. The average molecular weight is 463 g/mol. The van der Waals surface area contributed by atoms with Crippen LogP contribution in [0.3, 0.4) is 0 Å². The Labute approximate surface area is 200 Å². The van der Waals surface area contributed by atoms with E-state index in [0.717, 1.165) is 29.9 Å². The molecule has 0 bridgehead atoms. The fraction of sp³-hybridized carbons (Fsp3) is 0.786. The van der Waals surface area contributed by atoms with Crippen molar-refractivity contribution < 1.29 is 15.3 Å². The minimum absolute atomic E-state index is 0.380. The molecule has 0 unspecified atom stereocenters. The molecule has 32 heavy (non-hydrogen) atoms. The molecule has 0 aromatic carbocycles. The highest BCUT2D eigenvalue weighted by atomic mass is 32.2. The van der Waals surface area contributed by atoms with Crippen LogP contribution in [0.5, 0.6) is 0 Å². The van der Waals surface area contributed by atoms with E-state index in [0.29, 0.717) is 29.4 Å². The van der Waals surface area contributed by atoms with Crippen LogP contribution < -0.4 is 0 Å². The zero-order valence-electron chi connectivity index (χ0n) is 20.8. The van der Waals surface area contributed by atoms with Gasteiger partial charge in [-0.05, 0) is 106 Å². The lowest BCUT2D eigenvalue weighted by atomic mass is 9.63. The molecular formula is C28H46O3S. The number of aliphatic hydroxyl groups is 3. The number of aliphatic hydroxyl groups excluding tert-OH is 2. The Bertz CT molecular complexity index is 719. The molecule has 0 radical (unpaired) electrons. The first-order chi connectivity index (χ1) is 15.0. The Kier molecular flexibility index (Phi) is 8.80. The Morgan fingerprint density at radius 3 is 2.69 bits per heavy atom. The predicted molar refractivity (Wildman–Crippen MR) is 137 cm³/mol. The molecule has 3 aliphatic carbocycles. The van der Waals surface area contributed by atoms with Crippen molar-refractivity contribution in [3.05, 3.63) is 35.5 Å². The quantitative estimate of drug-likeness (QED) is 0.376. The second-order valence-corrected chi connectivity index (χ2v) is 13.0. The third kappa shape index (κ3) is 6.31. The molecule has 3 N–H and O–H groups in total. The number of thioether (sulfide) groups is 1. The normalized spacial score (nSPS) is 37.2. The van der Waals surface area contributed by atoms with E-state index in [1.807, 2.05) is 13.8 Å². The Balaban J connectivity index is 1.61. The molecule has 0 aromatic rings. The largest absolute Gasteiger partial charge is 0.393 e. The second kappa shape index (κ2) is 10.8. The molecule has 0 saturated heterocycles. The summed E-state index contributed by atoms with van der Waals surface area (Å²) in [6, 6.07) is 0. The minimum Gasteiger partial charge on any atom is -0.393 e. The lowest BCUT2D eigenvalue weighted by Crippen LogP contribution is -2.37. The van der Waals surface area contributed by atoms with Gasteiger partial charge in [0, 0.05) is 11.7 Å². The summed E-state index contributed by atoms with van der Waals surface area (Å²) in [5.41, 5.74) is 3.21. The second-order valence-electron chi connectivity index (χ2n) is 11.5. The summed E-state index contributed by atoms with van der Waals surface area (Å²) in [6.07, 6.45) is 13.9. The molecule has 3 fully saturated rings. The topological polar surface area (TPSA) is 60.7 Å². The molecule has 0 aromatic heterocycles. The van der Waals surface area contributed by atoms with E-state index in [1.165, 1.54) is 44.3 Å². The minimum atomic E-state index is -0.614. The van der Waals surface area contributed by atoms with Gasteiger partial charge in [0.25, 0.3) is 0 Å². The van der Waals surface area contributed by atoms with Gasteiger partial charge in [0.15, 0.2) is 0 Å². The SMILES string of the molecule is C=C1/C(=C/C=C2\CCC[C@]3(C)[C@@H]([C@H](C)SCCCCC(C)(C)O)CC[C@@H]23)C[C@@H](O)C[C@@H]1O. The van der Waals surface area contributed by atoms with Gasteiger partial charge in [-0.3, -0.25) is 0 Å². The lowest BCUT2D eigenvalue weighted by Gasteiger charge is -2.44. The van der Waals surface area contributed by atoms with Crippen LogP contribution in [0.4, 0.5) is 0 Å². The third-order valence-corrected chi connectivity index (χ3v) is 9.81. The first kappa shape index (κ1) is 26.1. The molecule has 6 atom stereocenters. The van der Waals surface area contributed by atoms with Crippen molar-refractivity contribution in [3.8, 4) is 0 Å². The molecule has 3 nitrogen and oxygen atoms in total. The van der Waals surface area contributed by atoms with Gasteiger partial charge in [-0.15, -0.1) is 0 Å². The molecule has 3 aliphatic rings. The number of allylic oxidation sites excluding steroid dienone is 3. The van der Waals surface area contributed by atoms with Crippen LogP contribution in [0.1, 0.15) is 91.9 Å². The van der Waals surface area contributed by atoms with Crippen LogP contribution in [0.2, 0.25) is 0 Å². The van der Waals surface area contributed by atoms with Crippen molar-refractivity contribution in [1.82, 2.24) is 0 Å². The van der Waals surface area contributed by atoms with Crippen molar-refractivity contribution >= 4 is 11.8 Å². The van der Waals surface area contributed by atoms with E-state index < -0.39 is 17.8 Å². The summed E-state index contributed by atoms with van der Waals surface area (Å²) >= 11 is 2.14. The lowest BCUT2D eigenvalue weighted by molar-refractivity contribution is 0.0687. The fourth-order valence-electron chi connectivity index (χ4n) is 6.56. The molecular weight excluding hydrogens is 416 g/mol. The van der Waals surface area contributed by atoms with Gasteiger partial charge in [0.05, 0.1) is 17.8 Å². The predicted octanol–water partition coefficient (Wildman–Crippen LogP) is 6.19. The molecule has 3 rings (SSSR count). The summed E-state index contributed by atoms with van der Waals surface area (Å²) in [5, 5.41) is 30.8. The molecule has 3 saturated carbocycles. The smallest absolute Gasteiger partial charge is 0.0811 e. The van der Waals surface area contributed by atoms with E-state index in [4.69, 9.17) is 0 Å². The summed E-state index contributed by atoms with van der Waals surface area (Å²) in [6.45, 7) is 12.9. The summed E-state index contributed by atoms with van der Waals surface area (Å²) < 4.78 is 0. The van der Waals surface area contributed by atoms with Crippen molar-refractivity contribution in [1.29, 1.82) is 0 Å². The standard InChI is InChI=1S/C28H46O3S/c1-19-22(17-23(29)18-26(19)30)11-10-21-9-8-15-28(5)24(12-13-25(21)28)20(2)32-16-7-6-14-27(3,4)31/h10-11,20,23-26,29-31H,1,6-9,12-18H2,2-5H3/b21-10+,22-11+/t20-,23+,24+,25-,26-,28+/m0/s1. The van der Waals surface area contributed by atoms with Crippen LogP contribution in [0.25, 0.3) is 0 Å².